The molecule has 0 saturated carbocycles. The van der Waals surface area contributed by atoms with Gasteiger partial charge in [0.25, 0.3) is 0 Å². The lowest BCUT2D eigenvalue weighted by molar-refractivity contribution is 0.669. The third kappa shape index (κ3) is 4.49. The van der Waals surface area contributed by atoms with Crippen molar-refractivity contribution in [2.75, 3.05) is 0 Å². The van der Waals surface area contributed by atoms with Crippen LogP contribution in [0.4, 0.5) is 0 Å². The van der Waals surface area contributed by atoms with E-state index in [9.17, 15) is 5.48 Å². The van der Waals surface area contributed by atoms with Gasteiger partial charge in [0.15, 0.2) is 17.5 Å². The Morgan fingerprint density at radius 3 is 1.59 bits per heavy atom. The van der Waals surface area contributed by atoms with E-state index in [1.807, 2.05) is 103 Å². The summed E-state index contributed by atoms with van der Waals surface area (Å²) in [7, 11) is 0. The summed E-state index contributed by atoms with van der Waals surface area (Å²) < 4.78 is 61.3. The van der Waals surface area contributed by atoms with E-state index in [-0.39, 0.29) is 69.1 Å². The standard InChI is InChI=1S/C45H27N3O/c1-3-12-28(13-4-1)43-46-44(29-14-5-2-6-15-29)48-45(47-43)37-20-11-21-41-42(37)39-27-31(23-25-40(39)49-41)30-22-24-36-34-18-8-7-16-32(34)33-17-9-10-19-35(33)38(36)26-30/h1-27H/i11D,20D,21D,23D,25D,27D. The average molecular weight is 632 g/mol. The zero-order chi connectivity index (χ0) is 37.5. The maximum absolute atomic E-state index is 9.74. The maximum atomic E-state index is 9.74. The molecule has 8 aromatic carbocycles. The molecule has 0 amide bonds. The molecule has 4 heteroatoms. The van der Waals surface area contributed by atoms with E-state index >= 15 is 0 Å². The Morgan fingerprint density at radius 1 is 0.408 bits per heavy atom. The van der Waals surface area contributed by atoms with Crippen molar-refractivity contribution in [3.05, 3.63) is 164 Å². The van der Waals surface area contributed by atoms with E-state index in [4.69, 9.17) is 22.1 Å². The Labute approximate surface area is 290 Å². The summed E-state index contributed by atoms with van der Waals surface area (Å²) in [5.74, 6) is 0.734. The molecule has 49 heavy (non-hydrogen) atoms. The molecule has 2 heterocycles. The smallest absolute Gasteiger partial charge is 0.164 e. The molecular weight excluding hydrogens is 599 g/mol. The van der Waals surface area contributed by atoms with Gasteiger partial charge in [-0.1, -0.05) is 139 Å². The molecule has 0 saturated heterocycles. The molecule has 4 nitrogen and oxygen atoms in total. The van der Waals surface area contributed by atoms with Gasteiger partial charge in [0, 0.05) is 27.5 Å². The van der Waals surface area contributed by atoms with Crippen LogP contribution in [0, 0.1) is 0 Å². The lowest BCUT2D eigenvalue weighted by Gasteiger charge is -2.12. The first-order valence-corrected chi connectivity index (χ1v) is 16.0. The molecular formula is C45H27N3O. The molecule has 0 spiro atoms. The van der Waals surface area contributed by atoms with Crippen LogP contribution in [0.3, 0.4) is 0 Å². The number of fused-ring (bicyclic) bond motifs is 9. The van der Waals surface area contributed by atoms with Gasteiger partial charge in [-0.05, 0) is 67.6 Å². The summed E-state index contributed by atoms with van der Waals surface area (Å²) in [4.78, 5) is 14.4. The molecule has 2 aromatic heterocycles. The minimum absolute atomic E-state index is 0.0605. The summed E-state index contributed by atoms with van der Waals surface area (Å²) >= 11 is 0. The van der Waals surface area contributed by atoms with Crippen molar-refractivity contribution in [3.63, 3.8) is 0 Å². The highest BCUT2D eigenvalue weighted by atomic mass is 16.3. The lowest BCUT2D eigenvalue weighted by Crippen LogP contribution is -2.00. The van der Waals surface area contributed by atoms with Crippen LogP contribution in [-0.2, 0) is 0 Å². The van der Waals surface area contributed by atoms with E-state index in [2.05, 4.69) is 24.3 Å². The number of rotatable bonds is 4. The number of nitrogens with zero attached hydrogens (tertiary/aromatic N) is 3. The predicted octanol–water partition coefficient (Wildman–Crippen LogP) is 11.9. The highest BCUT2D eigenvalue weighted by Gasteiger charge is 2.18. The Bertz CT molecular complexity index is 3130. The van der Waals surface area contributed by atoms with E-state index < -0.39 is 6.04 Å². The number of hydrogen-bond acceptors (Lipinski definition) is 4. The van der Waals surface area contributed by atoms with Crippen LogP contribution in [0.25, 0.3) is 99.5 Å². The van der Waals surface area contributed by atoms with Crippen molar-refractivity contribution in [2.45, 2.75) is 0 Å². The first-order valence-electron chi connectivity index (χ1n) is 19.0. The summed E-state index contributed by atoms with van der Waals surface area (Å²) in [6.45, 7) is 0. The first-order chi connectivity index (χ1) is 26.8. The Balaban J connectivity index is 1.30. The fraction of sp³-hybridized carbons (Fsp3) is 0. The van der Waals surface area contributed by atoms with Gasteiger partial charge in [0.1, 0.15) is 11.2 Å². The number of benzene rings is 8. The van der Waals surface area contributed by atoms with Crippen molar-refractivity contribution < 1.29 is 12.6 Å². The van der Waals surface area contributed by atoms with Crippen molar-refractivity contribution in [1.82, 2.24) is 15.0 Å². The third-order valence-electron chi connectivity index (χ3n) is 9.03. The zero-order valence-electron chi connectivity index (χ0n) is 31.9. The minimum atomic E-state index is -0.414. The molecule has 10 rings (SSSR count). The lowest BCUT2D eigenvalue weighted by atomic mass is 9.92. The number of furan rings is 1. The van der Waals surface area contributed by atoms with Gasteiger partial charge in [0.2, 0.25) is 0 Å². The van der Waals surface area contributed by atoms with E-state index in [0.29, 0.717) is 28.3 Å². The Kier molecular flexibility index (Phi) is 4.93. The Hall–Kier alpha value is -6.65. The van der Waals surface area contributed by atoms with Crippen LogP contribution >= 0.6 is 0 Å². The van der Waals surface area contributed by atoms with Gasteiger partial charge >= 0.3 is 0 Å². The van der Waals surface area contributed by atoms with Crippen LogP contribution in [0.1, 0.15) is 8.22 Å². The molecule has 0 bridgehead atoms. The third-order valence-corrected chi connectivity index (χ3v) is 9.03. The fourth-order valence-corrected chi connectivity index (χ4v) is 6.75. The normalized spacial score (nSPS) is 13.4. The summed E-state index contributed by atoms with van der Waals surface area (Å²) in [6.07, 6.45) is 0. The molecule has 0 aliphatic carbocycles. The quantitative estimate of drug-likeness (QED) is 0.181. The number of hydrogen-bond donors (Lipinski definition) is 0. The van der Waals surface area contributed by atoms with Crippen molar-refractivity contribution in [2.24, 2.45) is 0 Å². The zero-order valence-corrected chi connectivity index (χ0v) is 25.9. The molecule has 0 aliphatic rings. The SMILES string of the molecule is [2H]c1c(-c2ccc3c4ccccc4c4ccccc4c3c2)c([2H])c2c(oc3c([2H])c([2H])c([2H])c(-c4nc(-c5ccccc5)nc(-c5ccccc5)n4)c32)c1[2H]. The van der Waals surface area contributed by atoms with Crippen LogP contribution in [0.5, 0.6) is 0 Å². The molecule has 0 unspecified atom stereocenters. The highest BCUT2D eigenvalue weighted by Crippen LogP contribution is 2.40. The van der Waals surface area contributed by atoms with Crippen LogP contribution < -0.4 is 0 Å². The number of aromatic nitrogens is 3. The second kappa shape index (κ2) is 11.0. The van der Waals surface area contributed by atoms with Gasteiger partial charge in [-0.15, -0.1) is 0 Å². The molecule has 0 aliphatic heterocycles. The van der Waals surface area contributed by atoms with Gasteiger partial charge in [0.05, 0.1) is 8.22 Å². The molecule has 0 atom stereocenters. The second-order valence-corrected chi connectivity index (χ2v) is 11.9. The van der Waals surface area contributed by atoms with Crippen molar-refractivity contribution in [1.29, 1.82) is 0 Å². The van der Waals surface area contributed by atoms with Gasteiger partial charge in [-0.25, -0.2) is 15.0 Å². The molecule has 10 aromatic rings. The minimum Gasteiger partial charge on any atom is -0.456 e. The van der Waals surface area contributed by atoms with Crippen LogP contribution in [0.15, 0.2) is 168 Å². The Morgan fingerprint density at radius 2 is 0.959 bits per heavy atom. The highest BCUT2D eigenvalue weighted by molar-refractivity contribution is 6.25. The monoisotopic (exact) mass is 631 g/mol. The summed E-state index contributed by atoms with van der Waals surface area (Å²) in [5.41, 5.74) is 2.12. The largest absolute Gasteiger partial charge is 0.456 e. The van der Waals surface area contributed by atoms with Gasteiger partial charge in [-0.2, -0.15) is 0 Å². The van der Waals surface area contributed by atoms with Crippen molar-refractivity contribution in [3.8, 4) is 45.3 Å². The molecule has 0 fully saturated rings. The second-order valence-electron chi connectivity index (χ2n) is 11.9. The topological polar surface area (TPSA) is 51.8 Å². The van der Waals surface area contributed by atoms with E-state index in [1.165, 1.54) is 0 Å². The molecule has 0 N–H and O–H groups in total. The van der Waals surface area contributed by atoms with Gasteiger partial charge in [-0.3, -0.25) is 0 Å². The molecule has 228 valence electrons. The van der Waals surface area contributed by atoms with E-state index in [1.54, 1.807) is 0 Å². The van der Waals surface area contributed by atoms with Crippen molar-refractivity contribution >= 4 is 54.3 Å². The average Bonchev–Trinajstić information content (AvgIpc) is 3.64. The summed E-state index contributed by atoms with van der Waals surface area (Å²) in [5, 5.41) is 6.61. The predicted molar refractivity (Wildman–Crippen MR) is 201 cm³/mol. The summed E-state index contributed by atoms with van der Waals surface area (Å²) in [6, 6.07) is 39.3. The maximum Gasteiger partial charge on any atom is 0.164 e. The fourth-order valence-electron chi connectivity index (χ4n) is 6.75. The van der Waals surface area contributed by atoms with Gasteiger partial charge < -0.3 is 4.42 Å². The van der Waals surface area contributed by atoms with Crippen LogP contribution in [-0.4, -0.2) is 15.0 Å². The van der Waals surface area contributed by atoms with E-state index in [0.717, 1.165) is 32.3 Å². The van der Waals surface area contributed by atoms with Crippen LogP contribution in [0.2, 0.25) is 0 Å². The first kappa shape index (κ1) is 22.0. The molecule has 0 radical (unpaired) electrons.